The first-order valence-corrected chi connectivity index (χ1v) is 14.5. The third kappa shape index (κ3) is 16.0. The number of carbonyl (C=O) groups is 6. The van der Waals surface area contributed by atoms with Crippen molar-refractivity contribution in [1.82, 2.24) is 26.6 Å². The van der Waals surface area contributed by atoms with Crippen molar-refractivity contribution in [3.63, 3.8) is 0 Å². The second kappa shape index (κ2) is 21.6. The molecule has 0 aliphatic heterocycles. The van der Waals surface area contributed by atoms with E-state index in [9.17, 15) is 39.0 Å². The van der Waals surface area contributed by atoms with Crippen molar-refractivity contribution in [2.24, 2.45) is 33.8 Å². The number of aliphatic hydroxyl groups excluding tert-OH is 1. The average Bonchev–Trinajstić information content (AvgIpc) is 2.97. The lowest BCUT2D eigenvalue weighted by atomic mass is 9.97. The molecule has 252 valence electrons. The maximum absolute atomic E-state index is 13.3. The third-order valence-corrected chi connectivity index (χ3v) is 6.64. The number of aliphatic imine (C=N–C) groups is 1. The molecule has 5 amide bonds. The van der Waals surface area contributed by atoms with Gasteiger partial charge in [0.2, 0.25) is 29.5 Å². The minimum absolute atomic E-state index is 0.0176. The lowest BCUT2D eigenvalue weighted by Gasteiger charge is -2.28. The molecule has 0 fully saturated rings. The Morgan fingerprint density at radius 3 is 1.93 bits per heavy atom. The predicted molar refractivity (Wildman–Crippen MR) is 161 cm³/mol. The molecule has 0 spiro atoms. The minimum atomic E-state index is -1.55. The van der Waals surface area contributed by atoms with Gasteiger partial charge in [0.05, 0.1) is 19.2 Å². The van der Waals surface area contributed by atoms with E-state index in [-0.39, 0.29) is 44.2 Å². The molecule has 18 heteroatoms. The fourth-order valence-electron chi connectivity index (χ4n) is 3.90. The Morgan fingerprint density at radius 2 is 1.41 bits per heavy atom. The topological polar surface area (TPSA) is 319 Å². The van der Waals surface area contributed by atoms with E-state index in [1.807, 2.05) is 6.92 Å². The Hall–Kier alpha value is -4.03. The molecule has 6 atom stereocenters. The number of hydrogen-bond donors (Lipinski definition) is 11. The van der Waals surface area contributed by atoms with Crippen LogP contribution in [-0.2, 0) is 28.8 Å². The highest BCUT2D eigenvalue weighted by atomic mass is 16.4. The fraction of sp³-hybridized carbons (Fsp3) is 0.731. The van der Waals surface area contributed by atoms with Crippen LogP contribution in [0.4, 0.5) is 0 Å². The molecule has 15 N–H and O–H groups in total. The molecule has 0 bridgehead atoms. The van der Waals surface area contributed by atoms with Crippen LogP contribution >= 0.6 is 0 Å². The number of carbonyl (C=O) groups excluding carboxylic acids is 5. The van der Waals surface area contributed by atoms with Crippen molar-refractivity contribution < 1.29 is 39.0 Å². The zero-order chi connectivity index (χ0) is 33.8. The summed E-state index contributed by atoms with van der Waals surface area (Å²) in [6, 6.07) is -4.98. The highest BCUT2D eigenvalue weighted by Crippen LogP contribution is 2.10. The maximum Gasteiger partial charge on any atom is 0.326 e. The normalized spacial score (nSPS) is 14.9. The Balaban J connectivity index is 5.64. The van der Waals surface area contributed by atoms with E-state index in [2.05, 4.69) is 31.6 Å². The van der Waals surface area contributed by atoms with E-state index < -0.39 is 72.3 Å². The van der Waals surface area contributed by atoms with E-state index in [1.165, 1.54) is 6.92 Å². The predicted octanol–water partition coefficient (Wildman–Crippen LogP) is -4.31. The Morgan fingerprint density at radius 1 is 0.773 bits per heavy atom. The van der Waals surface area contributed by atoms with E-state index in [4.69, 9.17) is 22.9 Å². The molecule has 0 aromatic heterocycles. The van der Waals surface area contributed by atoms with Crippen molar-refractivity contribution >= 4 is 41.5 Å². The number of unbranched alkanes of at least 4 members (excludes halogenated alkanes) is 1. The summed E-state index contributed by atoms with van der Waals surface area (Å²) in [5.41, 5.74) is 21.5. The van der Waals surface area contributed by atoms with Gasteiger partial charge in [-0.3, -0.25) is 29.0 Å². The molecule has 18 nitrogen and oxygen atoms in total. The summed E-state index contributed by atoms with van der Waals surface area (Å²) in [5.74, 6) is -5.55. The average molecular weight is 631 g/mol. The number of nitrogens with zero attached hydrogens (tertiary/aromatic N) is 1. The van der Waals surface area contributed by atoms with Crippen molar-refractivity contribution in [3.8, 4) is 0 Å². The van der Waals surface area contributed by atoms with Crippen LogP contribution in [0.15, 0.2) is 4.99 Å². The number of guanidine groups is 1. The Labute approximate surface area is 256 Å². The molecule has 0 rings (SSSR count). The third-order valence-electron chi connectivity index (χ3n) is 6.64. The van der Waals surface area contributed by atoms with Crippen LogP contribution in [0, 0.1) is 5.92 Å². The number of nitrogens with two attached hydrogens (primary N) is 4. The second-order valence-electron chi connectivity index (χ2n) is 10.3. The number of aliphatic carboxylic acids is 1. The van der Waals surface area contributed by atoms with Gasteiger partial charge in [0, 0.05) is 6.54 Å². The largest absolute Gasteiger partial charge is 0.480 e. The summed E-state index contributed by atoms with van der Waals surface area (Å²) < 4.78 is 0. The number of nitrogens with one attached hydrogen (secondary N) is 5. The quantitative estimate of drug-likeness (QED) is 0.0307. The molecule has 0 aromatic rings. The molecule has 0 aromatic carbocycles. The minimum Gasteiger partial charge on any atom is -0.480 e. The van der Waals surface area contributed by atoms with Crippen LogP contribution in [0.1, 0.15) is 59.3 Å². The van der Waals surface area contributed by atoms with E-state index in [0.29, 0.717) is 25.8 Å². The molecule has 0 heterocycles. The smallest absolute Gasteiger partial charge is 0.326 e. The van der Waals surface area contributed by atoms with Gasteiger partial charge in [0.25, 0.3) is 0 Å². The first-order chi connectivity index (χ1) is 20.7. The first kappa shape index (κ1) is 40.0. The van der Waals surface area contributed by atoms with Crippen LogP contribution < -0.4 is 49.5 Å². The highest BCUT2D eigenvalue weighted by molar-refractivity contribution is 5.95. The number of hydrogen-bond acceptors (Lipinski definition) is 10. The molecule has 0 aliphatic rings. The van der Waals surface area contributed by atoms with Crippen molar-refractivity contribution in [1.29, 1.82) is 0 Å². The molecule has 0 saturated carbocycles. The number of aliphatic hydroxyl groups is 1. The van der Waals surface area contributed by atoms with Crippen LogP contribution in [-0.4, -0.2) is 108 Å². The van der Waals surface area contributed by atoms with Gasteiger partial charge in [0.1, 0.15) is 24.2 Å². The van der Waals surface area contributed by atoms with E-state index >= 15 is 0 Å². The molecular formula is C26H50N10O8. The van der Waals surface area contributed by atoms with Gasteiger partial charge in [0.15, 0.2) is 5.96 Å². The standard InChI is InChI=1S/C26H50N10O8/c1-4-14(2)20(35-18(38)12-28)24(42)34-16(9-7-11-31-26(29)30)22(40)36-21(15(3)37)23(41)32-13-19(39)33-17(25(43)44)8-5-6-10-27/h14-17,20-21,37H,4-13,27-28H2,1-3H3,(H,32,41)(H,33,39)(H,34,42)(H,35,38)(H,36,40)(H,43,44)(H4,29,30,31)/t14-,15+,16-,17-,20-,21-/m0/s1. The summed E-state index contributed by atoms with van der Waals surface area (Å²) in [5, 5.41) is 31.6. The first-order valence-electron chi connectivity index (χ1n) is 14.5. The molecule has 44 heavy (non-hydrogen) atoms. The fourth-order valence-corrected chi connectivity index (χ4v) is 3.90. The Bertz CT molecular complexity index is 990. The van der Waals surface area contributed by atoms with Crippen LogP contribution in [0.5, 0.6) is 0 Å². The lowest BCUT2D eigenvalue weighted by molar-refractivity contribution is -0.142. The molecule has 0 unspecified atom stereocenters. The van der Waals surface area contributed by atoms with Crippen LogP contribution in [0.25, 0.3) is 0 Å². The number of carboxylic acid groups (broad SMARTS) is 1. The van der Waals surface area contributed by atoms with E-state index in [1.54, 1.807) is 6.92 Å². The van der Waals surface area contributed by atoms with Gasteiger partial charge in [-0.05, 0) is 51.5 Å². The monoisotopic (exact) mass is 630 g/mol. The molecule has 0 aliphatic carbocycles. The van der Waals surface area contributed by atoms with Crippen molar-refractivity contribution in [3.05, 3.63) is 0 Å². The second-order valence-corrected chi connectivity index (χ2v) is 10.3. The van der Waals surface area contributed by atoms with Gasteiger partial charge in [-0.25, -0.2) is 4.79 Å². The van der Waals surface area contributed by atoms with Gasteiger partial charge in [-0.1, -0.05) is 20.3 Å². The summed E-state index contributed by atoms with van der Waals surface area (Å²) in [4.78, 5) is 78.8. The maximum atomic E-state index is 13.3. The van der Waals surface area contributed by atoms with Gasteiger partial charge in [-0.15, -0.1) is 0 Å². The summed E-state index contributed by atoms with van der Waals surface area (Å²) >= 11 is 0. The molecular weight excluding hydrogens is 580 g/mol. The summed E-state index contributed by atoms with van der Waals surface area (Å²) in [6.07, 6.45) is 0.524. The molecule has 0 radical (unpaired) electrons. The van der Waals surface area contributed by atoms with Gasteiger partial charge >= 0.3 is 5.97 Å². The van der Waals surface area contributed by atoms with Crippen molar-refractivity contribution in [2.75, 3.05) is 26.2 Å². The zero-order valence-corrected chi connectivity index (χ0v) is 25.6. The lowest BCUT2D eigenvalue weighted by Crippen LogP contribution is -2.60. The van der Waals surface area contributed by atoms with Gasteiger partial charge < -0.3 is 59.7 Å². The summed E-state index contributed by atoms with van der Waals surface area (Å²) in [7, 11) is 0. The summed E-state index contributed by atoms with van der Waals surface area (Å²) in [6.45, 7) is 4.29. The zero-order valence-electron chi connectivity index (χ0n) is 25.6. The number of amides is 5. The van der Waals surface area contributed by atoms with Crippen molar-refractivity contribution in [2.45, 2.75) is 89.6 Å². The number of carboxylic acids is 1. The van der Waals surface area contributed by atoms with Crippen LogP contribution in [0.2, 0.25) is 0 Å². The SMILES string of the molecule is CC[C@H](C)[C@H](NC(=O)CN)C(=O)N[C@@H](CCCN=C(N)N)C(=O)N[C@H](C(=O)NCC(=O)N[C@@H](CCCCN)C(=O)O)[C@@H](C)O. The highest BCUT2D eigenvalue weighted by Gasteiger charge is 2.33. The van der Waals surface area contributed by atoms with E-state index in [0.717, 1.165) is 0 Å². The Kier molecular flexibility index (Phi) is 19.6. The van der Waals surface area contributed by atoms with Crippen LogP contribution in [0.3, 0.4) is 0 Å². The number of rotatable bonds is 22. The van der Waals surface area contributed by atoms with Gasteiger partial charge in [-0.2, -0.15) is 0 Å². The molecule has 0 saturated heterocycles.